The van der Waals surface area contributed by atoms with Gasteiger partial charge in [-0.15, -0.1) is 0 Å². The molecule has 0 amide bonds. The van der Waals surface area contributed by atoms with Crippen molar-refractivity contribution >= 4 is 16.6 Å². The maximum atomic E-state index is 12.8. The Balaban J connectivity index is 1.61. The number of aryl methyl sites for hydroxylation is 3. The number of allylic oxidation sites excluding steroid dienone is 1. The van der Waals surface area contributed by atoms with E-state index in [1.54, 1.807) is 18.2 Å². The summed E-state index contributed by atoms with van der Waals surface area (Å²) in [4.78, 5) is 17.6. The third-order valence-electron chi connectivity index (χ3n) is 6.37. The van der Waals surface area contributed by atoms with Crippen LogP contribution >= 0.6 is 0 Å². The van der Waals surface area contributed by atoms with E-state index in [1.165, 1.54) is 11.1 Å². The Morgan fingerprint density at radius 3 is 2.61 bits per heavy atom. The number of nitriles is 1. The van der Waals surface area contributed by atoms with Gasteiger partial charge in [-0.2, -0.15) is 5.26 Å². The molecule has 0 unspecified atom stereocenters. The molecule has 33 heavy (non-hydrogen) atoms. The Morgan fingerprint density at radius 2 is 1.76 bits per heavy atom. The maximum absolute atomic E-state index is 12.8. The third kappa shape index (κ3) is 3.87. The Kier molecular flexibility index (Phi) is 5.62. The van der Waals surface area contributed by atoms with Crippen molar-refractivity contribution in [1.29, 1.82) is 5.26 Å². The van der Waals surface area contributed by atoms with E-state index in [2.05, 4.69) is 54.0 Å². The molecule has 0 atom stereocenters. The van der Waals surface area contributed by atoms with Crippen molar-refractivity contribution in [3.8, 4) is 6.07 Å². The van der Waals surface area contributed by atoms with Gasteiger partial charge in [0.2, 0.25) is 5.43 Å². The van der Waals surface area contributed by atoms with E-state index in [4.69, 9.17) is 4.98 Å². The predicted octanol–water partition coefficient (Wildman–Crippen LogP) is 5.45. The van der Waals surface area contributed by atoms with Gasteiger partial charge in [0.1, 0.15) is 11.3 Å². The van der Waals surface area contributed by atoms with E-state index in [1.807, 2.05) is 18.2 Å². The highest BCUT2D eigenvalue weighted by Gasteiger charge is 2.19. The minimum absolute atomic E-state index is 0.00528. The van der Waals surface area contributed by atoms with E-state index in [-0.39, 0.29) is 5.43 Å². The zero-order valence-electron chi connectivity index (χ0n) is 18.7. The molecule has 1 aliphatic rings. The van der Waals surface area contributed by atoms with Crippen molar-refractivity contribution in [2.45, 2.75) is 39.2 Å². The molecule has 1 aromatic heterocycles. The lowest BCUT2D eigenvalue weighted by molar-refractivity contribution is 0.719. The number of nitrogens with zero attached hydrogens (tertiary/aromatic N) is 3. The second-order valence-electron chi connectivity index (χ2n) is 8.52. The summed E-state index contributed by atoms with van der Waals surface area (Å²) in [6.45, 7) is 2.73. The van der Waals surface area contributed by atoms with Crippen molar-refractivity contribution in [1.82, 2.24) is 9.55 Å². The first-order valence-electron chi connectivity index (χ1n) is 11.5. The standard InChI is InChI=1S/C29H25N3O/c1-2-7-28-31-26-10-5-6-11-27(33)29(26)32(28)19-20-12-15-24-22(18-20)14-13-21-8-3-4-9-23(21)25(24)16-17-30/h3-6,8-12,15-16,18H,2,7,13-14,19H2,1H3. The van der Waals surface area contributed by atoms with E-state index >= 15 is 0 Å². The average molecular weight is 432 g/mol. The maximum Gasteiger partial charge on any atom is 0.204 e. The van der Waals surface area contributed by atoms with E-state index in [9.17, 15) is 10.1 Å². The predicted molar refractivity (Wildman–Crippen MR) is 132 cm³/mol. The summed E-state index contributed by atoms with van der Waals surface area (Å²) in [6.07, 6.45) is 5.30. The number of hydrogen-bond acceptors (Lipinski definition) is 3. The quantitative estimate of drug-likeness (QED) is 0.404. The van der Waals surface area contributed by atoms with Gasteiger partial charge in [0, 0.05) is 19.0 Å². The number of hydrogen-bond donors (Lipinski definition) is 0. The highest BCUT2D eigenvalue weighted by molar-refractivity contribution is 5.85. The number of rotatable bonds is 4. The van der Waals surface area contributed by atoms with Crippen LogP contribution in [0.1, 0.15) is 47.0 Å². The lowest BCUT2D eigenvalue weighted by Crippen LogP contribution is -2.10. The molecule has 4 nitrogen and oxygen atoms in total. The summed E-state index contributed by atoms with van der Waals surface area (Å²) in [5.74, 6) is 0.947. The molecule has 0 bridgehead atoms. The van der Waals surface area contributed by atoms with Crippen molar-refractivity contribution in [2.75, 3.05) is 0 Å². The van der Waals surface area contributed by atoms with Crippen LogP contribution in [-0.4, -0.2) is 9.55 Å². The van der Waals surface area contributed by atoms with Crippen molar-refractivity contribution in [2.24, 2.45) is 0 Å². The lowest BCUT2D eigenvalue weighted by Gasteiger charge is -2.14. The van der Waals surface area contributed by atoms with Crippen LogP contribution in [0.4, 0.5) is 0 Å². The molecule has 1 heterocycles. The molecule has 0 radical (unpaired) electrons. The summed E-state index contributed by atoms with van der Waals surface area (Å²) in [5, 5.41) is 9.45. The molecule has 3 aromatic carbocycles. The molecule has 1 aliphatic carbocycles. The van der Waals surface area contributed by atoms with Crippen molar-refractivity contribution in [3.63, 3.8) is 0 Å². The fraction of sp³-hybridized carbons (Fsp3) is 0.207. The summed E-state index contributed by atoms with van der Waals surface area (Å²) in [5.41, 5.74) is 8.29. The van der Waals surface area contributed by atoms with Gasteiger partial charge in [-0.3, -0.25) is 4.79 Å². The highest BCUT2D eigenvalue weighted by Crippen LogP contribution is 2.34. The molecule has 0 N–H and O–H groups in total. The molecule has 0 aliphatic heterocycles. The fourth-order valence-corrected chi connectivity index (χ4v) is 4.88. The normalized spacial score (nSPS) is 13.9. The number of aromatic nitrogens is 2. The third-order valence-corrected chi connectivity index (χ3v) is 6.37. The summed E-state index contributed by atoms with van der Waals surface area (Å²) in [6, 6.07) is 24.3. The second-order valence-corrected chi connectivity index (χ2v) is 8.52. The summed E-state index contributed by atoms with van der Waals surface area (Å²) in [7, 11) is 0. The molecular formula is C29H25N3O. The number of imidazole rings is 1. The van der Waals surface area contributed by atoms with E-state index in [0.29, 0.717) is 12.1 Å². The first-order valence-corrected chi connectivity index (χ1v) is 11.5. The van der Waals surface area contributed by atoms with Crippen LogP contribution in [0.5, 0.6) is 0 Å². The lowest BCUT2D eigenvalue weighted by atomic mass is 9.93. The molecular weight excluding hydrogens is 406 g/mol. The van der Waals surface area contributed by atoms with E-state index < -0.39 is 0 Å². The second kappa shape index (κ2) is 8.88. The Morgan fingerprint density at radius 1 is 1.00 bits per heavy atom. The van der Waals surface area contributed by atoms with Gasteiger partial charge >= 0.3 is 0 Å². The van der Waals surface area contributed by atoms with Crippen LogP contribution in [0.2, 0.25) is 0 Å². The van der Waals surface area contributed by atoms with Gasteiger partial charge in [-0.25, -0.2) is 4.98 Å². The summed E-state index contributed by atoms with van der Waals surface area (Å²) >= 11 is 0. The van der Waals surface area contributed by atoms with Gasteiger partial charge in [0.25, 0.3) is 0 Å². The molecule has 0 saturated carbocycles. The van der Waals surface area contributed by atoms with Crippen LogP contribution in [0.3, 0.4) is 0 Å². The molecule has 162 valence electrons. The Labute approximate surface area is 193 Å². The van der Waals surface area contributed by atoms with E-state index in [0.717, 1.165) is 59.3 Å². The minimum Gasteiger partial charge on any atom is -0.320 e. The van der Waals surface area contributed by atoms with Crippen LogP contribution in [0.15, 0.2) is 77.6 Å². The highest BCUT2D eigenvalue weighted by atomic mass is 16.1. The molecule has 0 saturated heterocycles. The van der Waals surface area contributed by atoms with Crippen LogP contribution in [-0.2, 0) is 25.8 Å². The first kappa shape index (κ1) is 20.9. The Hall–Kier alpha value is -3.97. The molecule has 4 heteroatoms. The monoisotopic (exact) mass is 431 g/mol. The van der Waals surface area contributed by atoms with Crippen LogP contribution < -0.4 is 5.43 Å². The van der Waals surface area contributed by atoms with Crippen molar-refractivity contribution < 1.29 is 0 Å². The Bertz CT molecular complexity index is 1490. The van der Waals surface area contributed by atoms with Crippen LogP contribution in [0, 0.1) is 11.3 Å². The first-order chi connectivity index (χ1) is 16.2. The number of benzene rings is 2. The van der Waals surface area contributed by atoms with Gasteiger partial charge < -0.3 is 4.57 Å². The summed E-state index contributed by atoms with van der Waals surface area (Å²) < 4.78 is 2.08. The van der Waals surface area contributed by atoms with Gasteiger partial charge in [-0.05, 0) is 64.8 Å². The molecule has 0 spiro atoms. The van der Waals surface area contributed by atoms with Crippen molar-refractivity contribution in [3.05, 3.63) is 117 Å². The smallest absolute Gasteiger partial charge is 0.204 e. The zero-order valence-corrected chi connectivity index (χ0v) is 18.7. The van der Waals surface area contributed by atoms with Crippen LogP contribution in [0.25, 0.3) is 16.6 Å². The van der Waals surface area contributed by atoms with Gasteiger partial charge in [0.05, 0.1) is 11.6 Å². The minimum atomic E-state index is -0.00528. The molecule has 4 aromatic rings. The fourth-order valence-electron chi connectivity index (χ4n) is 4.88. The zero-order chi connectivity index (χ0) is 22.8. The largest absolute Gasteiger partial charge is 0.320 e. The van der Waals surface area contributed by atoms with Gasteiger partial charge in [-0.1, -0.05) is 61.5 Å². The molecule has 5 rings (SSSR count). The SMILES string of the molecule is CCCc1nc2ccccc(=O)c2n1Cc1ccc2c(c1)CCc1ccccc1C2=CC#N. The van der Waals surface area contributed by atoms with Gasteiger partial charge in [0.15, 0.2) is 0 Å². The molecule has 0 fully saturated rings. The topological polar surface area (TPSA) is 58.7 Å². The average Bonchev–Trinajstić information content (AvgIpc) is 2.95. The number of fused-ring (bicyclic) bond motifs is 3.